The van der Waals surface area contributed by atoms with E-state index >= 15 is 0 Å². The molecular weight excluding hydrogens is 348 g/mol. The fourth-order valence-electron chi connectivity index (χ4n) is 3.10. The van der Waals surface area contributed by atoms with E-state index in [1.165, 1.54) is 24.3 Å². The molecule has 0 spiro atoms. The molecule has 0 heterocycles. The van der Waals surface area contributed by atoms with Gasteiger partial charge in [-0.3, -0.25) is 4.79 Å². The van der Waals surface area contributed by atoms with Crippen LogP contribution in [0.3, 0.4) is 0 Å². The van der Waals surface area contributed by atoms with Crippen LogP contribution in [0.5, 0.6) is 0 Å². The molecule has 2 aromatic carbocycles. The number of hydrogen-bond donors (Lipinski definition) is 1. The van der Waals surface area contributed by atoms with Gasteiger partial charge in [0.15, 0.2) is 0 Å². The van der Waals surface area contributed by atoms with Crippen molar-refractivity contribution in [3.05, 3.63) is 76.1 Å². The Morgan fingerprint density at radius 3 is 2.35 bits per heavy atom. The van der Waals surface area contributed by atoms with Gasteiger partial charge in [-0.25, -0.2) is 4.39 Å². The number of hydrogen-bond acceptors (Lipinski definition) is 1. The van der Waals surface area contributed by atoms with Crippen molar-refractivity contribution in [2.24, 2.45) is 0 Å². The lowest BCUT2D eigenvalue weighted by Crippen LogP contribution is -2.04. The van der Waals surface area contributed by atoms with Gasteiger partial charge in [0.1, 0.15) is 5.82 Å². The van der Waals surface area contributed by atoms with Gasteiger partial charge in [0.25, 0.3) is 0 Å². The zero-order valence-corrected chi connectivity index (χ0v) is 13.7. The maximum absolute atomic E-state index is 14.4. The molecular formula is C20H14F4O2. The van der Waals surface area contributed by atoms with Crippen LogP contribution in [0.4, 0.5) is 17.6 Å². The molecule has 0 saturated carbocycles. The number of carbonyl (C=O) groups is 1. The molecule has 0 fully saturated rings. The second-order valence-electron chi connectivity index (χ2n) is 6.01. The fourth-order valence-corrected chi connectivity index (χ4v) is 3.10. The monoisotopic (exact) mass is 362 g/mol. The first-order valence-electron chi connectivity index (χ1n) is 7.78. The molecule has 2 aromatic rings. The van der Waals surface area contributed by atoms with Gasteiger partial charge < -0.3 is 5.11 Å². The number of allylic oxidation sites excluding steroid dienone is 2. The van der Waals surface area contributed by atoms with E-state index in [0.717, 1.165) is 12.1 Å². The summed E-state index contributed by atoms with van der Waals surface area (Å²) in [6, 6.07) is 8.95. The largest absolute Gasteiger partial charge is 0.481 e. The molecule has 0 radical (unpaired) electrons. The fraction of sp³-hybridized carbons (Fsp3) is 0.150. The minimum atomic E-state index is -4.43. The summed E-state index contributed by atoms with van der Waals surface area (Å²) in [6.45, 7) is 1.69. The van der Waals surface area contributed by atoms with Crippen LogP contribution < -0.4 is 0 Å². The number of carboxylic acid groups (broad SMARTS) is 1. The standard InChI is InChI=1S/C20H14F4O2/c1-11-15(10-18(25)26)14-3-2-4-17(21)19(14)16(11)9-12-5-7-13(8-6-12)20(22,23)24/h2-9H,10H2,1H3,(H,25,26)/b16-9-. The molecule has 6 heteroatoms. The molecule has 26 heavy (non-hydrogen) atoms. The van der Waals surface area contributed by atoms with Gasteiger partial charge in [0.2, 0.25) is 0 Å². The smallest absolute Gasteiger partial charge is 0.416 e. The molecule has 2 nitrogen and oxygen atoms in total. The summed E-state index contributed by atoms with van der Waals surface area (Å²) in [5.74, 6) is -1.54. The van der Waals surface area contributed by atoms with Crippen LogP contribution in [-0.4, -0.2) is 11.1 Å². The first kappa shape index (κ1) is 17.9. The summed E-state index contributed by atoms with van der Waals surface area (Å²) >= 11 is 0. The van der Waals surface area contributed by atoms with Crippen molar-refractivity contribution in [1.29, 1.82) is 0 Å². The van der Waals surface area contributed by atoms with Crippen molar-refractivity contribution in [2.75, 3.05) is 0 Å². The van der Waals surface area contributed by atoms with Gasteiger partial charge in [-0.1, -0.05) is 24.3 Å². The van der Waals surface area contributed by atoms with Crippen molar-refractivity contribution in [3.8, 4) is 0 Å². The Hall–Kier alpha value is -2.89. The van der Waals surface area contributed by atoms with E-state index < -0.39 is 23.5 Å². The van der Waals surface area contributed by atoms with E-state index in [9.17, 15) is 22.4 Å². The SMILES string of the molecule is CC1=C(CC(=O)O)c2cccc(F)c2/C1=C\c1ccc(C(F)(F)F)cc1. The summed E-state index contributed by atoms with van der Waals surface area (Å²) in [5, 5.41) is 9.12. The van der Waals surface area contributed by atoms with Gasteiger partial charge in [0, 0.05) is 5.56 Å². The Balaban J connectivity index is 2.10. The molecule has 0 unspecified atom stereocenters. The van der Waals surface area contributed by atoms with Crippen molar-refractivity contribution in [3.63, 3.8) is 0 Å². The number of rotatable bonds is 3. The maximum Gasteiger partial charge on any atom is 0.416 e. The molecule has 0 saturated heterocycles. The van der Waals surface area contributed by atoms with E-state index in [-0.39, 0.29) is 12.0 Å². The van der Waals surface area contributed by atoms with Crippen molar-refractivity contribution < 1.29 is 27.5 Å². The molecule has 134 valence electrons. The number of alkyl halides is 3. The molecule has 0 amide bonds. The lowest BCUT2D eigenvalue weighted by atomic mass is 9.99. The molecule has 1 aliphatic carbocycles. The third-order valence-corrected chi connectivity index (χ3v) is 4.34. The molecule has 1 N–H and O–H groups in total. The van der Waals surface area contributed by atoms with Crippen LogP contribution in [0, 0.1) is 5.82 Å². The minimum absolute atomic E-state index is 0.257. The van der Waals surface area contributed by atoms with Crippen molar-refractivity contribution in [2.45, 2.75) is 19.5 Å². The number of aliphatic carboxylic acids is 1. The van der Waals surface area contributed by atoms with Crippen LogP contribution in [0.15, 0.2) is 48.0 Å². The average Bonchev–Trinajstić information content (AvgIpc) is 2.81. The predicted molar refractivity (Wildman–Crippen MR) is 90.6 cm³/mol. The van der Waals surface area contributed by atoms with Gasteiger partial charge in [-0.15, -0.1) is 0 Å². The third kappa shape index (κ3) is 3.27. The Kier molecular flexibility index (Phi) is 4.44. The molecule has 1 aliphatic rings. The van der Waals surface area contributed by atoms with Crippen LogP contribution in [0.2, 0.25) is 0 Å². The van der Waals surface area contributed by atoms with E-state index in [1.807, 2.05) is 0 Å². The zero-order valence-electron chi connectivity index (χ0n) is 13.7. The highest BCUT2D eigenvalue weighted by Gasteiger charge is 2.30. The maximum atomic E-state index is 14.4. The first-order chi connectivity index (χ1) is 12.2. The Labute approximate surface area is 147 Å². The van der Waals surface area contributed by atoms with E-state index in [2.05, 4.69) is 0 Å². The summed E-state index contributed by atoms with van der Waals surface area (Å²) in [5.41, 5.74) is 2.07. The molecule has 0 bridgehead atoms. The topological polar surface area (TPSA) is 37.3 Å². The second-order valence-corrected chi connectivity index (χ2v) is 6.01. The lowest BCUT2D eigenvalue weighted by Gasteiger charge is -2.08. The summed E-state index contributed by atoms with van der Waals surface area (Å²) in [6.07, 6.45) is -3.11. The predicted octanol–water partition coefficient (Wildman–Crippen LogP) is 5.65. The Bertz CT molecular complexity index is 935. The second kappa shape index (κ2) is 6.44. The van der Waals surface area contributed by atoms with Crippen LogP contribution in [0.25, 0.3) is 17.2 Å². The Morgan fingerprint density at radius 2 is 1.77 bits per heavy atom. The molecule has 0 atom stereocenters. The highest BCUT2D eigenvalue weighted by atomic mass is 19.4. The van der Waals surface area contributed by atoms with Crippen molar-refractivity contribution in [1.82, 2.24) is 0 Å². The van der Waals surface area contributed by atoms with Gasteiger partial charge in [-0.05, 0) is 59.0 Å². The van der Waals surface area contributed by atoms with E-state index in [4.69, 9.17) is 5.11 Å². The van der Waals surface area contributed by atoms with Crippen LogP contribution in [0.1, 0.15) is 35.6 Å². The van der Waals surface area contributed by atoms with Gasteiger partial charge in [0.05, 0.1) is 12.0 Å². The number of halogens is 4. The summed E-state index contributed by atoms with van der Waals surface area (Å²) in [4.78, 5) is 11.1. The van der Waals surface area contributed by atoms with Gasteiger partial charge >= 0.3 is 12.1 Å². The summed E-state index contributed by atoms with van der Waals surface area (Å²) in [7, 11) is 0. The van der Waals surface area contributed by atoms with E-state index in [1.54, 1.807) is 19.1 Å². The number of carboxylic acids is 1. The number of fused-ring (bicyclic) bond motifs is 1. The average molecular weight is 362 g/mol. The molecule has 3 rings (SSSR count). The zero-order chi connectivity index (χ0) is 19.1. The highest BCUT2D eigenvalue weighted by molar-refractivity contribution is 6.07. The first-order valence-corrected chi connectivity index (χ1v) is 7.78. The van der Waals surface area contributed by atoms with Crippen molar-refractivity contribution >= 4 is 23.2 Å². The number of benzene rings is 2. The summed E-state index contributed by atoms with van der Waals surface area (Å²) < 4.78 is 52.4. The Morgan fingerprint density at radius 1 is 1.12 bits per heavy atom. The van der Waals surface area contributed by atoms with Crippen LogP contribution in [-0.2, 0) is 11.0 Å². The van der Waals surface area contributed by atoms with Crippen LogP contribution >= 0.6 is 0 Å². The highest BCUT2D eigenvalue weighted by Crippen LogP contribution is 2.44. The third-order valence-electron chi connectivity index (χ3n) is 4.34. The molecule has 0 aliphatic heterocycles. The van der Waals surface area contributed by atoms with Gasteiger partial charge in [-0.2, -0.15) is 13.2 Å². The normalized spacial score (nSPS) is 15.5. The lowest BCUT2D eigenvalue weighted by molar-refractivity contribution is -0.138. The quantitative estimate of drug-likeness (QED) is 0.717. The van der Waals surface area contributed by atoms with E-state index in [0.29, 0.717) is 27.8 Å². The minimum Gasteiger partial charge on any atom is -0.481 e. The molecule has 0 aromatic heterocycles.